The van der Waals surface area contributed by atoms with Crippen LogP contribution in [0, 0.1) is 0 Å². The Balaban J connectivity index is 1.07. The molecule has 0 atom stereocenters. The van der Waals surface area contributed by atoms with Crippen LogP contribution in [0.1, 0.15) is 25.0 Å². The largest absolute Gasteiger partial charge is 0.455 e. The van der Waals surface area contributed by atoms with Gasteiger partial charge in [0.15, 0.2) is 23.3 Å². The summed E-state index contributed by atoms with van der Waals surface area (Å²) in [5.74, 6) is 2.40. The van der Waals surface area contributed by atoms with Crippen molar-refractivity contribution in [3.8, 4) is 67.9 Å². The molecule has 7 heteroatoms. The predicted molar refractivity (Wildman–Crippen MR) is 240 cm³/mol. The normalized spacial score (nSPS) is 13.1. The third-order valence-electron chi connectivity index (χ3n) is 11.8. The van der Waals surface area contributed by atoms with E-state index in [1.807, 2.05) is 72.8 Å². The second-order valence-corrected chi connectivity index (χ2v) is 16.7. The van der Waals surface area contributed by atoms with E-state index in [2.05, 4.69) is 105 Å². The molecule has 0 amide bonds. The second-order valence-electron chi connectivity index (χ2n) is 15.6. The summed E-state index contributed by atoms with van der Waals surface area (Å²) in [5, 5.41) is 2.98. The first kappa shape index (κ1) is 33.8. The second kappa shape index (κ2) is 12.8. The molecular formula is C52H33N5OS. The van der Waals surface area contributed by atoms with E-state index in [-0.39, 0.29) is 5.41 Å². The van der Waals surface area contributed by atoms with Gasteiger partial charge in [-0.3, -0.25) is 0 Å². The summed E-state index contributed by atoms with van der Waals surface area (Å²) < 4.78 is 9.08. The lowest BCUT2D eigenvalue weighted by molar-refractivity contribution is 0.660. The Kier molecular flexibility index (Phi) is 7.34. The molecule has 0 spiro atoms. The quantitative estimate of drug-likeness (QED) is 0.173. The summed E-state index contributed by atoms with van der Waals surface area (Å²) in [5.41, 5.74) is 13.0. The Morgan fingerprint density at radius 2 is 1.07 bits per heavy atom. The third kappa shape index (κ3) is 5.21. The van der Waals surface area contributed by atoms with Gasteiger partial charge in [-0.2, -0.15) is 0 Å². The average Bonchev–Trinajstić information content (AvgIpc) is 3.94. The average molecular weight is 776 g/mol. The number of nitrogens with zero attached hydrogens (tertiary/aromatic N) is 5. The van der Waals surface area contributed by atoms with Gasteiger partial charge in [-0.1, -0.05) is 153 Å². The lowest BCUT2D eigenvalue weighted by atomic mass is 9.82. The van der Waals surface area contributed by atoms with Crippen LogP contribution in [0.15, 0.2) is 168 Å². The van der Waals surface area contributed by atoms with Gasteiger partial charge in [0.1, 0.15) is 11.2 Å². The molecule has 1 aliphatic rings. The zero-order valence-corrected chi connectivity index (χ0v) is 33.0. The van der Waals surface area contributed by atoms with Crippen LogP contribution in [0.25, 0.3) is 110 Å². The van der Waals surface area contributed by atoms with Crippen LogP contribution < -0.4 is 0 Å². The highest BCUT2D eigenvalue weighted by Gasteiger charge is 2.35. The van der Waals surface area contributed by atoms with Gasteiger partial charge in [-0.15, -0.1) is 11.3 Å². The van der Waals surface area contributed by atoms with Crippen LogP contribution >= 0.6 is 11.3 Å². The predicted octanol–water partition coefficient (Wildman–Crippen LogP) is 13.6. The van der Waals surface area contributed by atoms with Gasteiger partial charge in [0, 0.05) is 48.5 Å². The molecular weight excluding hydrogens is 743 g/mol. The highest BCUT2D eigenvalue weighted by Crippen LogP contribution is 2.50. The smallest absolute Gasteiger partial charge is 0.164 e. The fourth-order valence-electron chi connectivity index (χ4n) is 8.90. The topological polar surface area (TPSA) is 77.6 Å². The van der Waals surface area contributed by atoms with Gasteiger partial charge in [-0.25, -0.2) is 24.9 Å². The molecule has 0 unspecified atom stereocenters. The Morgan fingerprint density at radius 3 is 1.86 bits per heavy atom. The molecule has 0 fully saturated rings. The van der Waals surface area contributed by atoms with Crippen molar-refractivity contribution < 1.29 is 4.42 Å². The monoisotopic (exact) mass is 775 g/mol. The van der Waals surface area contributed by atoms with E-state index in [0.717, 1.165) is 65.5 Å². The minimum Gasteiger partial charge on any atom is -0.455 e. The molecule has 12 rings (SSSR count). The van der Waals surface area contributed by atoms with E-state index in [9.17, 15) is 0 Å². The van der Waals surface area contributed by atoms with Crippen LogP contribution in [-0.2, 0) is 5.41 Å². The number of thiophene rings is 1. The van der Waals surface area contributed by atoms with Crippen molar-refractivity contribution in [1.82, 2.24) is 24.9 Å². The lowest BCUT2D eigenvalue weighted by Gasteiger charge is -2.22. The van der Waals surface area contributed by atoms with Gasteiger partial charge in [0.05, 0.1) is 21.5 Å². The van der Waals surface area contributed by atoms with Crippen molar-refractivity contribution in [2.24, 2.45) is 0 Å². The molecule has 1 aliphatic carbocycles. The number of rotatable bonds is 5. The number of aromatic nitrogens is 5. The Morgan fingerprint density at radius 1 is 0.458 bits per heavy atom. The molecule has 4 heterocycles. The van der Waals surface area contributed by atoms with Gasteiger partial charge in [-0.05, 0) is 46.5 Å². The van der Waals surface area contributed by atoms with Gasteiger partial charge < -0.3 is 4.42 Å². The minimum absolute atomic E-state index is 0.142. The van der Waals surface area contributed by atoms with Crippen LogP contribution in [0.3, 0.4) is 0 Å². The van der Waals surface area contributed by atoms with Gasteiger partial charge in [0.25, 0.3) is 0 Å². The molecule has 59 heavy (non-hydrogen) atoms. The summed E-state index contributed by atoms with van der Waals surface area (Å²) >= 11 is 1.75. The first-order valence-electron chi connectivity index (χ1n) is 19.8. The third-order valence-corrected chi connectivity index (χ3v) is 12.9. The fraction of sp³-hybridized carbons (Fsp3) is 0.0577. The number of fused-ring (bicyclic) bond motifs is 9. The highest BCUT2D eigenvalue weighted by molar-refractivity contribution is 7.26. The summed E-state index contributed by atoms with van der Waals surface area (Å²) in [6, 6.07) is 56.5. The standard InChI is InChI=1S/C52H33N5OS/c1-52(2)39-24-11-9-19-33(39)34-28-27-32(29-40(34)52)44-47-45(35-20-10-12-26-42(35)59-47)54-51(53-44)38-23-13-21-36-43-37(22-14-25-41(43)58-46(36)38)50-56-48(30-15-5-3-6-16-30)55-49(57-50)31-17-7-4-8-18-31/h3-29H,1-2H3. The molecule has 0 N–H and O–H groups in total. The van der Waals surface area contributed by atoms with E-state index in [4.69, 9.17) is 29.3 Å². The van der Waals surface area contributed by atoms with Crippen LogP contribution in [0.2, 0.25) is 0 Å². The first-order valence-corrected chi connectivity index (χ1v) is 20.6. The zero-order valence-electron chi connectivity index (χ0n) is 32.1. The molecule has 278 valence electrons. The van der Waals surface area contributed by atoms with Gasteiger partial charge >= 0.3 is 0 Å². The molecule has 0 saturated carbocycles. The van der Waals surface area contributed by atoms with E-state index in [0.29, 0.717) is 28.9 Å². The van der Waals surface area contributed by atoms with Crippen LogP contribution in [-0.4, -0.2) is 24.9 Å². The summed E-state index contributed by atoms with van der Waals surface area (Å²) in [4.78, 5) is 25.9. The van der Waals surface area contributed by atoms with Crippen molar-refractivity contribution in [1.29, 1.82) is 0 Å². The maximum atomic E-state index is 6.83. The number of para-hydroxylation sites is 1. The van der Waals surface area contributed by atoms with Crippen molar-refractivity contribution in [2.45, 2.75) is 19.3 Å². The van der Waals surface area contributed by atoms with Crippen molar-refractivity contribution in [3.05, 3.63) is 175 Å². The molecule has 7 aromatic carbocycles. The Hall–Kier alpha value is -7.35. The first-order chi connectivity index (χ1) is 29.0. The molecule has 0 saturated heterocycles. The van der Waals surface area contributed by atoms with Crippen LogP contribution in [0.4, 0.5) is 0 Å². The number of furan rings is 1. The van der Waals surface area contributed by atoms with Crippen molar-refractivity contribution in [2.75, 3.05) is 0 Å². The molecule has 6 nitrogen and oxygen atoms in total. The fourth-order valence-corrected chi connectivity index (χ4v) is 10.1. The molecule has 0 aliphatic heterocycles. The summed E-state index contributed by atoms with van der Waals surface area (Å²) in [7, 11) is 0. The van der Waals surface area contributed by atoms with Crippen molar-refractivity contribution in [3.63, 3.8) is 0 Å². The van der Waals surface area contributed by atoms with Gasteiger partial charge in [0.2, 0.25) is 0 Å². The minimum atomic E-state index is -0.142. The zero-order chi connectivity index (χ0) is 39.2. The summed E-state index contributed by atoms with van der Waals surface area (Å²) in [6.45, 7) is 4.64. The maximum absolute atomic E-state index is 6.83. The maximum Gasteiger partial charge on any atom is 0.164 e. The van der Waals surface area contributed by atoms with Crippen LogP contribution in [0.5, 0.6) is 0 Å². The van der Waals surface area contributed by atoms with E-state index in [1.165, 1.54) is 27.0 Å². The number of hydrogen-bond donors (Lipinski definition) is 0. The number of benzene rings is 7. The van der Waals surface area contributed by atoms with E-state index in [1.54, 1.807) is 11.3 Å². The van der Waals surface area contributed by atoms with E-state index >= 15 is 0 Å². The Labute approximate surface area is 343 Å². The molecule has 0 radical (unpaired) electrons. The highest BCUT2D eigenvalue weighted by atomic mass is 32.1. The Bertz CT molecular complexity index is 3420. The molecule has 4 aromatic heterocycles. The molecule has 11 aromatic rings. The summed E-state index contributed by atoms with van der Waals surface area (Å²) in [6.07, 6.45) is 0. The van der Waals surface area contributed by atoms with E-state index < -0.39 is 0 Å². The van der Waals surface area contributed by atoms with Crippen molar-refractivity contribution >= 4 is 53.6 Å². The lowest BCUT2D eigenvalue weighted by Crippen LogP contribution is -2.14. The molecule has 0 bridgehead atoms. The number of hydrogen-bond acceptors (Lipinski definition) is 7. The SMILES string of the molecule is CC1(C)c2ccccc2-c2ccc(-c3nc(-c4cccc5c4oc4cccc(-c6nc(-c7ccccc7)nc(-c7ccccc7)n6)c45)nc4c3sc3ccccc34)cc21.